The zero-order chi connectivity index (χ0) is 20.7. The summed E-state index contributed by atoms with van der Waals surface area (Å²) in [5.74, 6) is 1.78. The van der Waals surface area contributed by atoms with Crippen LogP contribution in [0, 0.1) is 11.8 Å². The zero-order valence-corrected chi connectivity index (χ0v) is 17.5. The van der Waals surface area contributed by atoms with E-state index < -0.39 is 12.1 Å². The molecule has 1 aromatic carbocycles. The molecule has 3 saturated heterocycles. The van der Waals surface area contributed by atoms with Gasteiger partial charge in [-0.15, -0.1) is 6.58 Å². The zero-order valence-electron chi connectivity index (χ0n) is 17.5. The number of likely N-dealkylation sites (N-methyl/N-ethyl adjacent to an activating group) is 1. The summed E-state index contributed by atoms with van der Waals surface area (Å²) in [6.45, 7) is 5.95. The minimum atomic E-state index is -0.658. The second-order valence-corrected chi connectivity index (χ2v) is 8.58. The van der Waals surface area contributed by atoms with Gasteiger partial charge in [-0.3, -0.25) is 9.69 Å². The van der Waals surface area contributed by atoms with Gasteiger partial charge in [-0.05, 0) is 61.1 Å². The fraction of sp³-hybridized carbons (Fsp3) is 0.522. The SMILES string of the molecule is C=C[C@H]1CN2CCC1C[C@H]2[C@H](O)C1=CC(C(=O)N(C)C)Nc2ccc(OC)cc21. The molecule has 6 atom stereocenters. The van der Waals surface area contributed by atoms with Gasteiger partial charge in [-0.2, -0.15) is 0 Å². The van der Waals surface area contributed by atoms with Crippen molar-refractivity contribution in [3.05, 3.63) is 42.5 Å². The normalized spacial score (nSPS) is 31.2. The van der Waals surface area contributed by atoms with Crippen LogP contribution in [0.1, 0.15) is 18.4 Å². The second kappa shape index (κ2) is 7.84. The molecule has 2 bridgehead atoms. The summed E-state index contributed by atoms with van der Waals surface area (Å²) < 4.78 is 5.41. The van der Waals surface area contributed by atoms with Crippen LogP contribution in [0.25, 0.3) is 5.57 Å². The van der Waals surface area contributed by atoms with Crippen LogP contribution >= 0.6 is 0 Å². The Kier molecular flexibility index (Phi) is 5.40. The lowest BCUT2D eigenvalue weighted by atomic mass is 9.73. The summed E-state index contributed by atoms with van der Waals surface area (Å²) in [6.07, 6.45) is 5.41. The molecule has 0 radical (unpaired) electrons. The Morgan fingerprint density at radius 1 is 1.45 bits per heavy atom. The Balaban J connectivity index is 1.69. The fourth-order valence-electron chi connectivity index (χ4n) is 5.08. The third-order valence-corrected chi connectivity index (χ3v) is 6.74. The lowest BCUT2D eigenvalue weighted by molar-refractivity contribution is -0.128. The van der Waals surface area contributed by atoms with Crippen LogP contribution in [0.3, 0.4) is 0 Å². The number of carbonyl (C=O) groups is 1. The number of anilines is 1. The molecule has 6 heteroatoms. The highest BCUT2D eigenvalue weighted by Gasteiger charge is 2.43. The maximum Gasteiger partial charge on any atom is 0.248 e. The van der Waals surface area contributed by atoms with E-state index in [0.717, 1.165) is 48.5 Å². The number of aliphatic hydroxyl groups is 1. The average Bonchev–Trinajstić information content (AvgIpc) is 2.76. The number of nitrogens with zero attached hydrogens (tertiary/aromatic N) is 2. The number of amides is 1. The number of hydrogen-bond donors (Lipinski definition) is 2. The van der Waals surface area contributed by atoms with Crippen molar-refractivity contribution < 1.29 is 14.6 Å². The highest BCUT2D eigenvalue weighted by atomic mass is 16.5. The Hall–Kier alpha value is -2.31. The number of aliphatic hydroxyl groups excluding tert-OH is 1. The minimum absolute atomic E-state index is 0.0339. The van der Waals surface area contributed by atoms with Gasteiger partial charge >= 0.3 is 0 Å². The molecule has 4 aliphatic rings. The number of ether oxygens (including phenoxy) is 1. The van der Waals surface area contributed by atoms with Crippen LogP contribution in [0.5, 0.6) is 5.75 Å². The molecule has 29 heavy (non-hydrogen) atoms. The second-order valence-electron chi connectivity index (χ2n) is 8.58. The van der Waals surface area contributed by atoms with Crippen LogP contribution in [0.2, 0.25) is 0 Å². The largest absolute Gasteiger partial charge is 0.497 e. The molecule has 5 rings (SSSR count). The van der Waals surface area contributed by atoms with E-state index in [0.29, 0.717) is 11.8 Å². The molecular formula is C23H31N3O3. The molecule has 4 aliphatic heterocycles. The smallest absolute Gasteiger partial charge is 0.248 e. The van der Waals surface area contributed by atoms with E-state index in [1.165, 1.54) is 0 Å². The summed E-state index contributed by atoms with van der Waals surface area (Å²) in [6, 6.07) is 5.30. The molecule has 156 valence electrons. The summed E-state index contributed by atoms with van der Waals surface area (Å²) >= 11 is 0. The molecule has 0 aromatic heterocycles. The third-order valence-electron chi connectivity index (χ3n) is 6.74. The van der Waals surface area contributed by atoms with Gasteiger partial charge in [0.15, 0.2) is 0 Å². The molecule has 6 nitrogen and oxygen atoms in total. The number of methoxy groups -OCH3 is 1. The quantitative estimate of drug-likeness (QED) is 0.746. The van der Waals surface area contributed by atoms with Crippen molar-refractivity contribution in [3.63, 3.8) is 0 Å². The number of rotatable bonds is 5. The molecule has 3 unspecified atom stereocenters. The monoisotopic (exact) mass is 397 g/mol. The Morgan fingerprint density at radius 2 is 2.24 bits per heavy atom. The molecule has 4 heterocycles. The van der Waals surface area contributed by atoms with Crippen LogP contribution < -0.4 is 10.1 Å². The minimum Gasteiger partial charge on any atom is -0.497 e. The van der Waals surface area contributed by atoms with Crippen LogP contribution in [-0.4, -0.2) is 73.3 Å². The molecule has 1 amide bonds. The van der Waals surface area contributed by atoms with Crippen LogP contribution in [-0.2, 0) is 4.79 Å². The third kappa shape index (κ3) is 3.55. The fourth-order valence-corrected chi connectivity index (χ4v) is 5.08. The van der Waals surface area contributed by atoms with E-state index in [4.69, 9.17) is 4.74 Å². The van der Waals surface area contributed by atoms with Crippen molar-refractivity contribution in [2.45, 2.75) is 31.0 Å². The maximum absolute atomic E-state index is 12.7. The Bertz CT molecular complexity index is 835. The first-order valence-electron chi connectivity index (χ1n) is 10.4. The first-order valence-corrected chi connectivity index (χ1v) is 10.4. The van der Waals surface area contributed by atoms with Crippen molar-refractivity contribution in [1.29, 1.82) is 0 Å². The van der Waals surface area contributed by atoms with Crippen LogP contribution in [0.15, 0.2) is 36.9 Å². The number of carbonyl (C=O) groups excluding carboxylic acids is 1. The van der Waals surface area contributed by atoms with Gasteiger partial charge in [-0.25, -0.2) is 0 Å². The first kappa shape index (κ1) is 20.0. The maximum atomic E-state index is 12.7. The van der Waals surface area contributed by atoms with E-state index in [2.05, 4.69) is 22.9 Å². The first-order chi connectivity index (χ1) is 13.9. The van der Waals surface area contributed by atoms with Gasteiger partial charge in [0.1, 0.15) is 11.8 Å². The van der Waals surface area contributed by atoms with Crippen molar-refractivity contribution in [2.24, 2.45) is 11.8 Å². The number of benzene rings is 1. The van der Waals surface area contributed by atoms with Gasteiger partial charge in [0.05, 0.1) is 13.2 Å². The highest BCUT2D eigenvalue weighted by Crippen LogP contribution is 2.42. The Morgan fingerprint density at radius 3 is 2.86 bits per heavy atom. The van der Waals surface area contributed by atoms with Crippen molar-refractivity contribution >= 4 is 17.2 Å². The van der Waals surface area contributed by atoms with Gasteiger partial charge in [0, 0.05) is 37.9 Å². The average molecular weight is 398 g/mol. The molecule has 1 aromatic rings. The van der Waals surface area contributed by atoms with Gasteiger partial charge < -0.3 is 20.1 Å². The summed E-state index contributed by atoms with van der Waals surface area (Å²) in [5, 5.41) is 14.8. The van der Waals surface area contributed by atoms with Crippen molar-refractivity contribution in [2.75, 3.05) is 39.6 Å². The van der Waals surface area contributed by atoms with E-state index in [-0.39, 0.29) is 11.9 Å². The summed E-state index contributed by atoms with van der Waals surface area (Å²) in [7, 11) is 5.13. The van der Waals surface area contributed by atoms with E-state index in [1.54, 1.807) is 26.1 Å². The number of fused-ring (bicyclic) bond motifs is 4. The molecule has 2 N–H and O–H groups in total. The summed E-state index contributed by atoms with van der Waals surface area (Å²) in [4.78, 5) is 16.6. The number of nitrogens with one attached hydrogen (secondary N) is 1. The van der Waals surface area contributed by atoms with E-state index in [9.17, 15) is 9.90 Å². The number of piperidine rings is 3. The lowest BCUT2D eigenvalue weighted by Gasteiger charge is -2.51. The standard InChI is InChI=1S/C23H31N3O3/c1-5-14-13-26-9-8-15(14)10-21(26)22(27)18-12-20(23(28)25(2)3)24-19-7-6-16(29-4)11-17(18)19/h5-7,11-12,14-15,20-22,24,27H,1,8-10,13H2,2-4H3/t14-,15?,20?,21-,22+/m0/s1. The van der Waals surface area contributed by atoms with Crippen LogP contribution in [0.4, 0.5) is 5.69 Å². The van der Waals surface area contributed by atoms with E-state index in [1.807, 2.05) is 24.3 Å². The van der Waals surface area contributed by atoms with Crippen molar-refractivity contribution in [3.8, 4) is 5.75 Å². The number of hydrogen-bond acceptors (Lipinski definition) is 5. The highest BCUT2D eigenvalue weighted by molar-refractivity contribution is 5.94. The molecular weight excluding hydrogens is 366 g/mol. The lowest BCUT2D eigenvalue weighted by Crippen LogP contribution is -2.57. The predicted molar refractivity (Wildman–Crippen MR) is 115 cm³/mol. The van der Waals surface area contributed by atoms with Gasteiger partial charge in [-0.1, -0.05) is 6.08 Å². The van der Waals surface area contributed by atoms with E-state index >= 15 is 0 Å². The molecule has 0 saturated carbocycles. The summed E-state index contributed by atoms with van der Waals surface area (Å²) in [5.41, 5.74) is 2.57. The molecule has 3 fully saturated rings. The van der Waals surface area contributed by atoms with Gasteiger partial charge in [0.25, 0.3) is 0 Å². The topological polar surface area (TPSA) is 65.0 Å². The van der Waals surface area contributed by atoms with Crippen molar-refractivity contribution in [1.82, 2.24) is 9.80 Å². The molecule has 0 aliphatic carbocycles. The van der Waals surface area contributed by atoms with Gasteiger partial charge in [0.2, 0.25) is 5.91 Å². The molecule has 0 spiro atoms. The Labute approximate surface area is 172 Å². The predicted octanol–water partition coefficient (Wildman–Crippen LogP) is 2.22.